The summed E-state index contributed by atoms with van der Waals surface area (Å²) in [6.07, 6.45) is 9.04. The number of carboxylic acids is 2. The molecule has 2 atom stereocenters. The fraction of sp³-hybridized carbons (Fsp3) is 0.882. The minimum atomic E-state index is -0.947. The Morgan fingerprint density at radius 2 is 1.26 bits per heavy atom. The van der Waals surface area contributed by atoms with E-state index in [2.05, 4.69) is 0 Å². The Kier molecular flexibility index (Phi) is 13.7. The van der Waals surface area contributed by atoms with E-state index in [0.717, 1.165) is 57.8 Å². The standard InChI is InChI=1S/C17H32O6/c18-13-15(19)12-14(17(22)23)10-8-6-4-2-1-3-5-7-9-11-16(20)21/h14-15,18-19H,1-13H2,(H,20,21)(H,22,23). The zero-order valence-corrected chi connectivity index (χ0v) is 14.0. The van der Waals surface area contributed by atoms with Gasteiger partial charge in [0.25, 0.3) is 0 Å². The average molecular weight is 332 g/mol. The number of aliphatic carboxylic acids is 2. The maximum absolute atomic E-state index is 11.1. The van der Waals surface area contributed by atoms with Crippen molar-refractivity contribution < 1.29 is 30.0 Å². The van der Waals surface area contributed by atoms with Crippen molar-refractivity contribution in [3.05, 3.63) is 0 Å². The normalized spacial score (nSPS) is 13.7. The van der Waals surface area contributed by atoms with Gasteiger partial charge in [-0.2, -0.15) is 0 Å². The van der Waals surface area contributed by atoms with Gasteiger partial charge in [-0.15, -0.1) is 0 Å². The van der Waals surface area contributed by atoms with Crippen LogP contribution >= 0.6 is 0 Å². The molecule has 6 nitrogen and oxygen atoms in total. The summed E-state index contributed by atoms with van der Waals surface area (Å²) in [5.41, 5.74) is 0. The van der Waals surface area contributed by atoms with Gasteiger partial charge in [0.05, 0.1) is 18.6 Å². The molecule has 0 aliphatic carbocycles. The fourth-order valence-electron chi connectivity index (χ4n) is 2.65. The van der Waals surface area contributed by atoms with Crippen LogP contribution in [0.4, 0.5) is 0 Å². The van der Waals surface area contributed by atoms with Crippen molar-refractivity contribution in [1.82, 2.24) is 0 Å². The van der Waals surface area contributed by atoms with Crippen LogP contribution in [-0.4, -0.2) is 45.1 Å². The number of aliphatic hydroxyl groups is 2. The molecule has 136 valence electrons. The minimum Gasteiger partial charge on any atom is -0.481 e. The summed E-state index contributed by atoms with van der Waals surface area (Å²) in [5.74, 6) is -2.21. The molecule has 4 N–H and O–H groups in total. The number of carbonyl (C=O) groups is 2. The van der Waals surface area contributed by atoms with E-state index < -0.39 is 30.6 Å². The molecule has 0 saturated heterocycles. The Labute approximate surface area is 138 Å². The van der Waals surface area contributed by atoms with Crippen molar-refractivity contribution in [3.8, 4) is 0 Å². The lowest BCUT2D eigenvalue weighted by Crippen LogP contribution is -2.23. The number of hydrogen-bond acceptors (Lipinski definition) is 4. The molecule has 0 amide bonds. The van der Waals surface area contributed by atoms with Crippen LogP contribution in [0, 0.1) is 5.92 Å². The molecule has 0 aromatic carbocycles. The summed E-state index contributed by atoms with van der Waals surface area (Å²) in [7, 11) is 0. The average Bonchev–Trinajstić information content (AvgIpc) is 2.50. The van der Waals surface area contributed by atoms with Gasteiger partial charge in [-0.3, -0.25) is 9.59 Å². The highest BCUT2D eigenvalue weighted by atomic mass is 16.4. The Balaban J connectivity index is 3.46. The molecule has 0 spiro atoms. The fourth-order valence-corrected chi connectivity index (χ4v) is 2.65. The molecule has 2 unspecified atom stereocenters. The number of aliphatic hydroxyl groups excluding tert-OH is 2. The van der Waals surface area contributed by atoms with Crippen molar-refractivity contribution in [3.63, 3.8) is 0 Å². The highest BCUT2D eigenvalue weighted by Gasteiger charge is 2.20. The minimum absolute atomic E-state index is 0.113. The van der Waals surface area contributed by atoms with Crippen molar-refractivity contribution in [2.24, 2.45) is 5.92 Å². The van der Waals surface area contributed by atoms with Crippen molar-refractivity contribution in [2.45, 2.75) is 83.2 Å². The summed E-state index contributed by atoms with van der Waals surface area (Å²) in [6.45, 7) is -0.393. The van der Waals surface area contributed by atoms with Gasteiger partial charge >= 0.3 is 11.9 Å². The topological polar surface area (TPSA) is 115 Å². The predicted octanol–water partition coefficient (Wildman–Crippen LogP) is 2.81. The smallest absolute Gasteiger partial charge is 0.306 e. The monoisotopic (exact) mass is 332 g/mol. The first-order valence-electron chi connectivity index (χ1n) is 8.71. The van der Waals surface area contributed by atoms with E-state index in [-0.39, 0.29) is 12.8 Å². The van der Waals surface area contributed by atoms with Gasteiger partial charge in [-0.1, -0.05) is 51.4 Å². The molecule has 0 rings (SSSR count). The molecule has 0 heterocycles. The van der Waals surface area contributed by atoms with E-state index in [0.29, 0.717) is 6.42 Å². The molecule has 6 heteroatoms. The third kappa shape index (κ3) is 14.2. The molecule has 0 bridgehead atoms. The van der Waals surface area contributed by atoms with Gasteiger partial charge in [0.15, 0.2) is 0 Å². The predicted molar refractivity (Wildman–Crippen MR) is 87.3 cm³/mol. The quantitative estimate of drug-likeness (QED) is 0.323. The summed E-state index contributed by atoms with van der Waals surface area (Å²) >= 11 is 0. The zero-order chi connectivity index (χ0) is 17.5. The molecule has 0 aromatic rings. The number of unbranched alkanes of at least 4 members (excludes halogenated alkanes) is 8. The van der Waals surface area contributed by atoms with Crippen LogP contribution in [0.15, 0.2) is 0 Å². The van der Waals surface area contributed by atoms with Gasteiger partial charge in [0.2, 0.25) is 0 Å². The Bertz CT molecular complexity index is 318. The van der Waals surface area contributed by atoms with Crippen LogP contribution in [-0.2, 0) is 9.59 Å². The summed E-state index contributed by atoms with van der Waals surface area (Å²) < 4.78 is 0. The van der Waals surface area contributed by atoms with Gasteiger partial charge in [0, 0.05) is 6.42 Å². The van der Waals surface area contributed by atoms with E-state index in [1.165, 1.54) is 0 Å². The largest absolute Gasteiger partial charge is 0.481 e. The summed E-state index contributed by atoms with van der Waals surface area (Å²) in [4.78, 5) is 21.4. The molecule has 23 heavy (non-hydrogen) atoms. The second kappa shape index (κ2) is 14.5. The van der Waals surface area contributed by atoms with Gasteiger partial charge in [-0.25, -0.2) is 0 Å². The third-order valence-electron chi connectivity index (χ3n) is 4.06. The molecule has 0 saturated carbocycles. The zero-order valence-electron chi connectivity index (χ0n) is 14.0. The second-order valence-corrected chi connectivity index (χ2v) is 6.22. The molecular formula is C17H32O6. The molecule has 0 radical (unpaired) electrons. The van der Waals surface area contributed by atoms with Gasteiger partial charge in [0.1, 0.15) is 0 Å². The molecule has 0 aliphatic rings. The lowest BCUT2D eigenvalue weighted by Gasteiger charge is -2.15. The van der Waals surface area contributed by atoms with E-state index in [1.807, 2.05) is 0 Å². The number of rotatable bonds is 16. The van der Waals surface area contributed by atoms with Crippen LogP contribution in [0.1, 0.15) is 77.0 Å². The van der Waals surface area contributed by atoms with Crippen molar-refractivity contribution >= 4 is 11.9 Å². The van der Waals surface area contributed by atoms with E-state index in [1.54, 1.807) is 0 Å². The summed E-state index contributed by atoms with van der Waals surface area (Å²) in [6, 6.07) is 0. The second-order valence-electron chi connectivity index (χ2n) is 6.22. The van der Waals surface area contributed by atoms with Crippen molar-refractivity contribution in [2.75, 3.05) is 6.61 Å². The lowest BCUT2D eigenvalue weighted by molar-refractivity contribution is -0.143. The SMILES string of the molecule is O=C(O)CCCCCCCCCCCC(CC(O)CO)C(=O)O. The van der Waals surface area contributed by atoms with Gasteiger partial charge < -0.3 is 20.4 Å². The molecule has 0 aliphatic heterocycles. The first-order valence-corrected chi connectivity index (χ1v) is 8.71. The highest BCUT2D eigenvalue weighted by molar-refractivity contribution is 5.69. The third-order valence-corrected chi connectivity index (χ3v) is 4.06. The Hall–Kier alpha value is -1.14. The maximum Gasteiger partial charge on any atom is 0.306 e. The molecule has 0 aromatic heterocycles. The molecule has 0 fully saturated rings. The van der Waals surface area contributed by atoms with Crippen LogP contribution < -0.4 is 0 Å². The highest BCUT2D eigenvalue weighted by Crippen LogP contribution is 2.18. The van der Waals surface area contributed by atoms with E-state index >= 15 is 0 Å². The Morgan fingerprint density at radius 1 is 0.783 bits per heavy atom. The van der Waals surface area contributed by atoms with Crippen LogP contribution in [0.25, 0.3) is 0 Å². The van der Waals surface area contributed by atoms with Gasteiger partial charge in [-0.05, 0) is 19.3 Å². The van der Waals surface area contributed by atoms with Crippen LogP contribution in [0.3, 0.4) is 0 Å². The maximum atomic E-state index is 11.1. The first kappa shape index (κ1) is 21.9. The number of carboxylic acid groups (broad SMARTS) is 2. The Morgan fingerprint density at radius 3 is 1.70 bits per heavy atom. The summed E-state index contributed by atoms with van der Waals surface area (Å²) in [5, 5.41) is 35.7. The van der Waals surface area contributed by atoms with Crippen molar-refractivity contribution in [1.29, 1.82) is 0 Å². The first-order chi connectivity index (χ1) is 11.0. The van der Waals surface area contributed by atoms with E-state index in [9.17, 15) is 14.7 Å². The van der Waals surface area contributed by atoms with E-state index in [4.69, 9.17) is 15.3 Å². The molecular weight excluding hydrogens is 300 g/mol. The van der Waals surface area contributed by atoms with Crippen LogP contribution in [0.5, 0.6) is 0 Å². The lowest BCUT2D eigenvalue weighted by atomic mass is 9.94. The van der Waals surface area contributed by atoms with Crippen LogP contribution in [0.2, 0.25) is 0 Å². The number of hydrogen-bond donors (Lipinski definition) is 4.